The van der Waals surface area contributed by atoms with Crippen LogP contribution in [0.4, 0.5) is 0 Å². The molecule has 2 atom stereocenters. The van der Waals surface area contributed by atoms with Crippen LogP contribution in [-0.2, 0) is 6.42 Å². The van der Waals surface area contributed by atoms with Gasteiger partial charge in [-0.1, -0.05) is 13.8 Å². The largest absolute Gasteiger partial charge is 0.493 e. The van der Waals surface area contributed by atoms with Gasteiger partial charge in [0.05, 0.1) is 13.2 Å². The SMILES string of the molecule is COc1cc2c(cc1OC1CC1)CCN1C[C@@H](CC(C)C)N(C)C[C@H]21. The van der Waals surface area contributed by atoms with Crippen LogP contribution in [0.5, 0.6) is 11.5 Å². The number of piperazine rings is 1. The molecule has 2 fully saturated rings. The predicted octanol–water partition coefficient (Wildman–Crippen LogP) is 3.50. The summed E-state index contributed by atoms with van der Waals surface area (Å²) in [6.45, 7) is 8.11. The molecule has 4 heteroatoms. The van der Waals surface area contributed by atoms with Gasteiger partial charge in [0.15, 0.2) is 11.5 Å². The quantitative estimate of drug-likeness (QED) is 0.816. The van der Waals surface area contributed by atoms with E-state index >= 15 is 0 Å². The van der Waals surface area contributed by atoms with Crippen LogP contribution >= 0.6 is 0 Å². The molecule has 0 radical (unpaired) electrons. The smallest absolute Gasteiger partial charge is 0.161 e. The second-order valence-corrected chi connectivity index (χ2v) is 8.50. The second-order valence-electron chi connectivity index (χ2n) is 8.50. The van der Waals surface area contributed by atoms with Crippen LogP contribution in [0.25, 0.3) is 0 Å². The Morgan fingerprint density at radius 2 is 1.96 bits per heavy atom. The Kier molecular flexibility index (Phi) is 4.67. The molecule has 0 unspecified atom stereocenters. The summed E-state index contributed by atoms with van der Waals surface area (Å²) in [5, 5.41) is 0. The van der Waals surface area contributed by atoms with Gasteiger partial charge in [-0.15, -0.1) is 0 Å². The first-order valence-corrected chi connectivity index (χ1v) is 9.87. The van der Waals surface area contributed by atoms with Crippen molar-refractivity contribution in [2.75, 3.05) is 33.8 Å². The minimum atomic E-state index is 0.407. The molecule has 0 aromatic heterocycles. The van der Waals surface area contributed by atoms with Crippen LogP contribution in [0.3, 0.4) is 0 Å². The Hall–Kier alpha value is -1.26. The zero-order valence-corrected chi connectivity index (χ0v) is 16.1. The van der Waals surface area contributed by atoms with Crippen LogP contribution in [0.1, 0.15) is 50.3 Å². The van der Waals surface area contributed by atoms with Crippen molar-refractivity contribution in [2.24, 2.45) is 5.92 Å². The Bertz CT molecular complexity index is 627. The van der Waals surface area contributed by atoms with Crippen LogP contribution in [0.15, 0.2) is 12.1 Å². The van der Waals surface area contributed by atoms with Gasteiger partial charge in [0, 0.05) is 31.7 Å². The standard InChI is InChI=1S/C21H32N2O2/c1-14(2)9-16-12-23-8-7-15-10-21(25-17-5-6-17)20(24-4)11-18(15)19(23)13-22(16)3/h10-11,14,16-17,19H,5-9,12-13H2,1-4H3/t16-,19-/m1/s1. The van der Waals surface area contributed by atoms with E-state index in [-0.39, 0.29) is 0 Å². The molecule has 1 saturated carbocycles. The van der Waals surface area contributed by atoms with Crippen molar-refractivity contribution in [1.82, 2.24) is 9.80 Å². The highest BCUT2D eigenvalue weighted by atomic mass is 16.5. The molecule has 1 saturated heterocycles. The molecule has 0 spiro atoms. The molecule has 2 aliphatic heterocycles. The Balaban J connectivity index is 1.58. The minimum absolute atomic E-state index is 0.407. The number of benzene rings is 1. The van der Waals surface area contributed by atoms with Crippen LogP contribution in [0, 0.1) is 5.92 Å². The molecule has 25 heavy (non-hydrogen) atoms. The van der Waals surface area contributed by atoms with Gasteiger partial charge in [0.1, 0.15) is 0 Å². The Morgan fingerprint density at radius 1 is 1.16 bits per heavy atom. The average molecular weight is 344 g/mol. The van der Waals surface area contributed by atoms with Crippen molar-refractivity contribution in [3.8, 4) is 11.5 Å². The molecule has 1 aromatic carbocycles. The van der Waals surface area contributed by atoms with Crippen LogP contribution in [-0.4, -0.2) is 55.7 Å². The molecule has 0 N–H and O–H groups in total. The van der Waals surface area contributed by atoms with E-state index in [0.29, 0.717) is 18.2 Å². The van der Waals surface area contributed by atoms with E-state index in [1.54, 1.807) is 7.11 Å². The number of hydrogen-bond acceptors (Lipinski definition) is 4. The van der Waals surface area contributed by atoms with E-state index in [9.17, 15) is 0 Å². The van der Waals surface area contributed by atoms with E-state index in [1.807, 2.05) is 0 Å². The zero-order valence-electron chi connectivity index (χ0n) is 16.1. The number of likely N-dealkylation sites (N-methyl/N-ethyl adjacent to an activating group) is 1. The Morgan fingerprint density at radius 3 is 2.64 bits per heavy atom. The highest BCUT2D eigenvalue weighted by Gasteiger charge is 2.37. The summed E-state index contributed by atoms with van der Waals surface area (Å²) in [6, 6.07) is 5.67. The molecule has 4 nitrogen and oxygen atoms in total. The first-order valence-electron chi connectivity index (χ1n) is 9.87. The van der Waals surface area contributed by atoms with Gasteiger partial charge >= 0.3 is 0 Å². The fraction of sp³-hybridized carbons (Fsp3) is 0.714. The summed E-state index contributed by atoms with van der Waals surface area (Å²) in [5.74, 6) is 2.60. The number of methoxy groups -OCH3 is 1. The fourth-order valence-corrected chi connectivity index (χ4v) is 4.44. The molecular formula is C21H32N2O2. The average Bonchev–Trinajstić information content (AvgIpc) is 3.38. The van der Waals surface area contributed by atoms with Crippen molar-refractivity contribution in [2.45, 2.75) is 57.7 Å². The maximum Gasteiger partial charge on any atom is 0.161 e. The van der Waals surface area contributed by atoms with Crippen LogP contribution < -0.4 is 9.47 Å². The van der Waals surface area contributed by atoms with E-state index in [0.717, 1.165) is 36.9 Å². The summed E-state index contributed by atoms with van der Waals surface area (Å²) in [5.41, 5.74) is 2.90. The highest BCUT2D eigenvalue weighted by molar-refractivity contribution is 5.50. The number of rotatable bonds is 5. The number of hydrogen-bond donors (Lipinski definition) is 0. The third-order valence-corrected chi connectivity index (χ3v) is 5.98. The summed E-state index contributed by atoms with van der Waals surface area (Å²) in [7, 11) is 4.05. The predicted molar refractivity (Wildman–Crippen MR) is 101 cm³/mol. The maximum absolute atomic E-state index is 6.08. The first kappa shape index (κ1) is 17.2. The minimum Gasteiger partial charge on any atom is -0.493 e. The zero-order chi connectivity index (χ0) is 17.6. The van der Waals surface area contributed by atoms with E-state index in [2.05, 4.69) is 42.8 Å². The lowest BCUT2D eigenvalue weighted by Crippen LogP contribution is -2.55. The molecule has 0 amide bonds. The lowest BCUT2D eigenvalue weighted by molar-refractivity contribution is 0.0294. The summed E-state index contributed by atoms with van der Waals surface area (Å²) < 4.78 is 11.7. The fourth-order valence-electron chi connectivity index (χ4n) is 4.44. The third kappa shape index (κ3) is 3.52. The van der Waals surface area contributed by atoms with Gasteiger partial charge in [0.25, 0.3) is 0 Å². The molecule has 3 aliphatic rings. The maximum atomic E-state index is 6.08. The molecule has 1 aromatic rings. The van der Waals surface area contributed by atoms with Crippen molar-refractivity contribution in [3.05, 3.63) is 23.3 Å². The lowest BCUT2D eigenvalue weighted by atomic mass is 9.88. The van der Waals surface area contributed by atoms with Gasteiger partial charge in [-0.05, 0) is 61.9 Å². The van der Waals surface area contributed by atoms with Crippen molar-refractivity contribution in [1.29, 1.82) is 0 Å². The third-order valence-electron chi connectivity index (χ3n) is 5.98. The molecule has 4 rings (SSSR count). The number of ether oxygens (including phenoxy) is 2. The first-order chi connectivity index (χ1) is 12.0. The lowest BCUT2D eigenvalue weighted by Gasteiger charge is -2.48. The molecule has 138 valence electrons. The number of nitrogens with zero attached hydrogens (tertiary/aromatic N) is 2. The normalized spacial score (nSPS) is 27.1. The monoisotopic (exact) mass is 344 g/mol. The summed E-state index contributed by atoms with van der Waals surface area (Å²) in [6.07, 6.45) is 5.17. The van der Waals surface area contributed by atoms with E-state index in [1.165, 1.54) is 36.9 Å². The van der Waals surface area contributed by atoms with E-state index < -0.39 is 0 Å². The molecular weight excluding hydrogens is 312 g/mol. The summed E-state index contributed by atoms with van der Waals surface area (Å²) in [4.78, 5) is 5.26. The highest BCUT2D eigenvalue weighted by Crippen LogP contribution is 2.42. The van der Waals surface area contributed by atoms with Crippen LogP contribution in [0.2, 0.25) is 0 Å². The summed E-state index contributed by atoms with van der Waals surface area (Å²) >= 11 is 0. The van der Waals surface area contributed by atoms with E-state index in [4.69, 9.17) is 9.47 Å². The molecule has 0 bridgehead atoms. The van der Waals surface area contributed by atoms with Crippen molar-refractivity contribution >= 4 is 0 Å². The van der Waals surface area contributed by atoms with Crippen molar-refractivity contribution in [3.63, 3.8) is 0 Å². The van der Waals surface area contributed by atoms with Gasteiger partial charge in [0.2, 0.25) is 0 Å². The number of fused-ring (bicyclic) bond motifs is 3. The molecule has 2 heterocycles. The Labute approximate surface area is 152 Å². The van der Waals surface area contributed by atoms with Gasteiger partial charge in [-0.2, -0.15) is 0 Å². The molecule has 1 aliphatic carbocycles. The van der Waals surface area contributed by atoms with Gasteiger partial charge in [-0.3, -0.25) is 4.90 Å². The topological polar surface area (TPSA) is 24.9 Å². The second kappa shape index (κ2) is 6.81. The van der Waals surface area contributed by atoms with Gasteiger partial charge in [-0.25, -0.2) is 0 Å². The van der Waals surface area contributed by atoms with Gasteiger partial charge < -0.3 is 14.4 Å². The van der Waals surface area contributed by atoms with Crippen molar-refractivity contribution < 1.29 is 9.47 Å².